The lowest BCUT2D eigenvalue weighted by atomic mass is 10.3. The van der Waals surface area contributed by atoms with Gasteiger partial charge in [-0.25, -0.2) is 0 Å². The molecule has 6 heteroatoms. The summed E-state index contributed by atoms with van der Waals surface area (Å²) in [5, 5.41) is 6.23. The lowest BCUT2D eigenvalue weighted by molar-refractivity contribution is 1.09. The lowest BCUT2D eigenvalue weighted by Gasteiger charge is -1.92. The molecule has 0 aromatic carbocycles. The van der Waals surface area contributed by atoms with E-state index in [0.717, 1.165) is 0 Å². The summed E-state index contributed by atoms with van der Waals surface area (Å²) >= 11 is 0. The number of hydrogen-bond acceptors (Lipinski definition) is 4. The molecule has 0 saturated heterocycles. The molecule has 0 bridgehead atoms. The SMILES string of the molecule is Nc1n[nH]c(-c2cccc(=O)[nH]2)n1. The summed E-state index contributed by atoms with van der Waals surface area (Å²) < 4.78 is 0. The van der Waals surface area contributed by atoms with Crippen molar-refractivity contribution in [3.05, 3.63) is 28.6 Å². The zero-order chi connectivity index (χ0) is 9.26. The fraction of sp³-hybridized carbons (Fsp3) is 0. The van der Waals surface area contributed by atoms with Gasteiger partial charge in [-0.15, -0.1) is 5.10 Å². The van der Waals surface area contributed by atoms with Crippen LogP contribution in [0.25, 0.3) is 11.5 Å². The summed E-state index contributed by atoms with van der Waals surface area (Å²) in [6.07, 6.45) is 0. The molecule has 2 heterocycles. The van der Waals surface area contributed by atoms with Crippen LogP contribution in [0.4, 0.5) is 5.95 Å². The second kappa shape index (κ2) is 2.74. The molecule has 0 amide bonds. The van der Waals surface area contributed by atoms with Crippen LogP contribution in [0.15, 0.2) is 23.0 Å². The number of anilines is 1. The maximum atomic E-state index is 10.9. The van der Waals surface area contributed by atoms with Gasteiger partial charge in [0, 0.05) is 6.07 Å². The van der Waals surface area contributed by atoms with Crippen molar-refractivity contribution in [3.8, 4) is 11.5 Å². The number of nitrogens with one attached hydrogen (secondary N) is 2. The highest BCUT2D eigenvalue weighted by molar-refractivity contribution is 5.49. The highest BCUT2D eigenvalue weighted by Gasteiger charge is 2.02. The van der Waals surface area contributed by atoms with E-state index in [9.17, 15) is 4.79 Å². The van der Waals surface area contributed by atoms with Gasteiger partial charge in [-0.2, -0.15) is 4.98 Å². The number of nitrogen functional groups attached to an aromatic ring is 1. The normalized spacial score (nSPS) is 10.2. The minimum Gasteiger partial charge on any atom is -0.366 e. The molecule has 0 radical (unpaired) electrons. The molecule has 0 fully saturated rings. The molecule has 4 N–H and O–H groups in total. The first kappa shape index (κ1) is 7.53. The van der Waals surface area contributed by atoms with Gasteiger partial charge in [0.25, 0.3) is 0 Å². The van der Waals surface area contributed by atoms with Crippen molar-refractivity contribution >= 4 is 5.95 Å². The average molecular weight is 177 g/mol. The second-order valence-corrected chi connectivity index (χ2v) is 2.47. The Kier molecular flexibility index (Phi) is 1.59. The second-order valence-electron chi connectivity index (χ2n) is 2.47. The Morgan fingerprint density at radius 1 is 1.38 bits per heavy atom. The van der Waals surface area contributed by atoms with E-state index in [4.69, 9.17) is 5.73 Å². The summed E-state index contributed by atoms with van der Waals surface area (Å²) in [5.41, 5.74) is 5.69. The van der Waals surface area contributed by atoms with Crippen molar-refractivity contribution in [2.75, 3.05) is 5.73 Å². The minimum atomic E-state index is -0.188. The van der Waals surface area contributed by atoms with Crippen molar-refractivity contribution < 1.29 is 0 Å². The quantitative estimate of drug-likeness (QED) is 0.558. The Bertz CT molecular complexity index is 471. The van der Waals surface area contributed by atoms with Crippen molar-refractivity contribution in [1.82, 2.24) is 20.2 Å². The lowest BCUT2D eigenvalue weighted by Crippen LogP contribution is -2.04. The molecule has 66 valence electrons. The molecule has 2 aromatic heterocycles. The first-order valence-electron chi connectivity index (χ1n) is 3.63. The van der Waals surface area contributed by atoms with Gasteiger partial charge < -0.3 is 10.7 Å². The van der Waals surface area contributed by atoms with Gasteiger partial charge in [0.15, 0.2) is 5.82 Å². The first-order chi connectivity index (χ1) is 6.25. The molecule has 0 aliphatic rings. The number of hydrogen-bond donors (Lipinski definition) is 3. The van der Waals surface area contributed by atoms with E-state index < -0.39 is 0 Å². The molecular formula is C7H7N5O. The minimum absolute atomic E-state index is 0.153. The molecule has 0 saturated carbocycles. The number of aromatic nitrogens is 4. The Morgan fingerprint density at radius 3 is 2.85 bits per heavy atom. The monoisotopic (exact) mass is 177 g/mol. The number of rotatable bonds is 1. The summed E-state index contributed by atoms with van der Waals surface area (Å²) in [5.74, 6) is 0.606. The van der Waals surface area contributed by atoms with Crippen LogP contribution in [0, 0.1) is 0 Å². The largest absolute Gasteiger partial charge is 0.366 e. The molecule has 0 aliphatic carbocycles. The summed E-state index contributed by atoms with van der Waals surface area (Å²) in [6.45, 7) is 0. The molecular weight excluding hydrogens is 170 g/mol. The van der Waals surface area contributed by atoms with Gasteiger partial charge in [0.1, 0.15) is 0 Å². The molecule has 0 aliphatic heterocycles. The molecule has 0 spiro atoms. The summed E-state index contributed by atoms with van der Waals surface area (Å²) in [6, 6.07) is 4.76. The topological polar surface area (TPSA) is 100 Å². The Labute approximate surface area is 72.8 Å². The number of aromatic amines is 2. The fourth-order valence-electron chi connectivity index (χ4n) is 0.981. The van der Waals surface area contributed by atoms with Crippen molar-refractivity contribution in [3.63, 3.8) is 0 Å². The van der Waals surface area contributed by atoms with Crippen LogP contribution in [0.5, 0.6) is 0 Å². The van der Waals surface area contributed by atoms with Crippen molar-refractivity contribution in [2.45, 2.75) is 0 Å². The van der Waals surface area contributed by atoms with Crippen LogP contribution in [-0.2, 0) is 0 Å². The van der Waals surface area contributed by atoms with E-state index in [1.54, 1.807) is 12.1 Å². The fourth-order valence-corrected chi connectivity index (χ4v) is 0.981. The third kappa shape index (κ3) is 1.41. The Morgan fingerprint density at radius 2 is 2.23 bits per heavy atom. The molecule has 2 aromatic rings. The highest BCUT2D eigenvalue weighted by Crippen LogP contribution is 2.08. The molecule has 2 rings (SSSR count). The predicted octanol–water partition coefficient (Wildman–Crippen LogP) is -0.258. The van der Waals surface area contributed by atoms with Crippen LogP contribution in [0.3, 0.4) is 0 Å². The van der Waals surface area contributed by atoms with Crippen LogP contribution >= 0.6 is 0 Å². The maximum Gasteiger partial charge on any atom is 0.248 e. The van der Waals surface area contributed by atoms with Crippen LogP contribution < -0.4 is 11.3 Å². The van der Waals surface area contributed by atoms with Gasteiger partial charge in [-0.05, 0) is 6.07 Å². The van der Waals surface area contributed by atoms with Crippen LogP contribution in [0.2, 0.25) is 0 Å². The summed E-state index contributed by atoms with van der Waals surface area (Å²) in [7, 11) is 0. The standard InChI is InChI=1S/C7H7N5O/c8-7-10-6(11-12-7)4-2-1-3-5(13)9-4/h1-3H,(H,9,13)(H3,8,10,11,12). The Balaban J connectivity index is 2.52. The number of nitrogens with zero attached hydrogens (tertiary/aromatic N) is 2. The average Bonchev–Trinajstić information content (AvgIpc) is 2.52. The van der Waals surface area contributed by atoms with E-state index in [1.807, 2.05) is 0 Å². The van der Waals surface area contributed by atoms with E-state index >= 15 is 0 Å². The number of pyridine rings is 1. The van der Waals surface area contributed by atoms with Gasteiger partial charge >= 0.3 is 0 Å². The predicted molar refractivity (Wildman–Crippen MR) is 46.9 cm³/mol. The van der Waals surface area contributed by atoms with Gasteiger partial charge in [-0.1, -0.05) is 6.07 Å². The number of H-pyrrole nitrogens is 2. The number of nitrogens with two attached hydrogens (primary N) is 1. The first-order valence-corrected chi connectivity index (χ1v) is 3.63. The van der Waals surface area contributed by atoms with Gasteiger partial charge in [0.2, 0.25) is 11.5 Å². The van der Waals surface area contributed by atoms with Gasteiger partial charge in [0.05, 0.1) is 5.69 Å². The Hall–Kier alpha value is -2.11. The smallest absolute Gasteiger partial charge is 0.248 e. The third-order valence-electron chi connectivity index (χ3n) is 1.53. The van der Waals surface area contributed by atoms with Crippen molar-refractivity contribution in [1.29, 1.82) is 0 Å². The zero-order valence-electron chi connectivity index (χ0n) is 6.61. The van der Waals surface area contributed by atoms with E-state index in [0.29, 0.717) is 11.5 Å². The van der Waals surface area contributed by atoms with Gasteiger partial charge in [-0.3, -0.25) is 9.89 Å². The third-order valence-corrected chi connectivity index (χ3v) is 1.53. The van der Waals surface area contributed by atoms with E-state index in [1.165, 1.54) is 6.07 Å². The van der Waals surface area contributed by atoms with E-state index in [-0.39, 0.29) is 11.5 Å². The summed E-state index contributed by atoms with van der Waals surface area (Å²) in [4.78, 5) is 17.4. The molecule has 0 atom stereocenters. The molecule has 6 nitrogen and oxygen atoms in total. The van der Waals surface area contributed by atoms with E-state index in [2.05, 4.69) is 20.2 Å². The zero-order valence-corrected chi connectivity index (χ0v) is 6.61. The van der Waals surface area contributed by atoms with Crippen LogP contribution in [0.1, 0.15) is 0 Å². The molecule has 13 heavy (non-hydrogen) atoms. The highest BCUT2D eigenvalue weighted by atomic mass is 16.1. The maximum absolute atomic E-state index is 10.9. The van der Waals surface area contributed by atoms with Crippen molar-refractivity contribution in [2.24, 2.45) is 0 Å². The van der Waals surface area contributed by atoms with Crippen LogP contribution in [-0.4, -0.2) is 20.2 Å². The molecule has 0 unspecified atom stereocenters.